The Labute approximate surface area is 498 Å². The number of aliphatic hydroxyl groups is 2. The van der Waals surface area contributed by atoms with Gasteiger partial charge in [0.15, 0.2) is 0 Å². The van der Waals surface area contributed by atoms with Gasteiger partial charge in [-0.1, -0.05) is 32.0 Å². The molecule has 9 aromatic rings. The minimum atomic E-state index is 0.177. The van der Waals surface area contributed by atoms with Crippen molar-refractivity contribution in [2.24, 2.45) is 0 Å². The molecule has 24 heteroatoms. The van der Waals surface area contributed by atoms with Gasteiger partial charge in [-0.25, -0.2) is 44.9 Å². The van der Waals surface area contributed by atoms with E-state index in [0.29, 0.717) is 24.4 Å². The monoisotopic (exact) mass is 1180 g/mol. The molecule has 1 aliphatic heterocycles. The number of anilines is 9. The molecule has 7 heterocycles. The standard InChI is InChI=1S/C22H29N7OS.C19H24N6S.C18H22N6OS/c30-15-14-29-12-10-28(11-13-29)9-2-6-23-18-3-1-4-19(17-18)26-22-25-7-5-20(27-22)21-24-8-16-31-21;1-3-25(4-2)12-10-20-15-6-5-7-16(14-15)23-19-22-9-8-17(24-19)18-21-11-13-26-18;1-24(10-11-25)9-7-19-14-3-2-4-15(13-14)22-18-21-6-5-16(23-18)17-20-8-12-26-17/h1,3-5,7-8,16-17,23,30H,2,6,9-15H2,(H,25,26,27);5-9,11,13-14,20H,3-4,10,12H2,1-2H3,(H,22,23,24);2-6,8,12-13,19,25H,7,9-11H2,1H3,(H,21,22,23). The lowest BCUT2D eigenvalue weighted by atomic mass is 10.2. The van der Waals surface area contributed by atoms with Gasteiger partial charge in [-0.15, -0.1) is 34.0 Å². The molecule has 0 amide bonds. The van der Waals surface area contributed by atoms with Crippen molar-refractivity contribution < 1.29 is 10.2 Å². The number of likely N-dealkylation sites (N-methyl/N-ethyl adjacent to an activating group) is 2. The van der Waals surface area contributed by atoms with Crippen LogP contribution < -0.4 is 31.9 Å². The molecule has 0 aliphatic carbocycles. The van der Waals surface area contributed by atoms with E-state index in [2.05, 4.69) is 134 Å². The first-order valence-electron chi connectivity index (χ1n) is 27.9. The lowest BCUT2D eigenvalue weighted by Gasteiger charge is -2.34. The van der Waals surface area contributed by atoms with E-state index >= 15 is 0 Å². The highest BCUT2D eigenvalue weighted by Gasteiger charge is 2.16. The maximum absolute atomic E-state index is 9.04. The smallest absolute Gasteiger partial charge is 0.227 e. The zero-order valence-electron chi connectivity index (χ0n) is 47.3. The Morgan fingerprint density at radius 1 is 0.458 bits per heavy atom. The first-order valence-corrected chi connectivity index (χ1v) is 30.6. The molecule has 0 bridgehead atoms. The number of β-amino-alcohol motifs (C(OH)–C–C–N with tert-alkyl or cyclic N) is 1. The molecule has 21 nitrogen and oxygen atoms in total. The van der Waals surface area contributed by atoms with Crippen LogP contribution in [-0.4, -0.2) is 187 Å². The SMILES string of the molecule is CCN(CC)CCNc1cccc(Nc2nccc(-c3nccs3)n2)c1.CN(CCO)CCNc1cccc(Nc2nccc(-c3nccs3)n2)c1.OCCN1CCN(CCCNc2cccc(Nc3nccc(-c4nccs4)n3)c2)CC1. The van der Waals surface area contributed by atoms with Crippen molar-refractivity contribution in [1.82, 2.24) is 64.5 Å². The first-order chi connectivity index (χ1) is 40.8. The number of hydrogen-bond donors (Lipinski definition) is 8. The summed E-state index contributed by atoms with van der Waals surface area (Å²) in [5.74, 6) is 1.67. The van der Waals surface area contributed by atoms with Crippen molar-refractivity contribution in [3.63, 3.8) is 0 Å². The molecule has 83 heavy (non-hydrogen) atoms. The average Bonchev–Trinajstić information content (AvgIpc) is 4.44. The summed E-state index contributed by atoms with van der Waals surface area (Å²) in [5, 5.41) is 46.6. The second-order valence-electron chi connectivity index (χ2n) is 19.0. The summed E-state index contributed by atoms with van der Waals surface area (Å²) in [5.41, 5.74) is 8.43. The van der Waals surface area contributed by atoms with Gasteiger partial charge >= 0.3 is 0 Å². The summed E-state index contributed by atoms with van der Waals surface area (Å²) < 4.78 is 0. The highest BCUT2D eigenvalue weighted by atomic mass is 32.1. The van der Waals surface area contributed by atoms with Crippen molar-refractivity contribution >= 4 is 86.0 Å². The average molecular weight is 1180 g/mol. The van der Waals surface area contributed by atoms with Crippen molar-refractivity contribution in [3.05, 3.63) is 144 Å². The van der Waals surface area contributed by atoms with E-state index in [0.717, 1.165) is 158 Å². The number of thiazole rings is 3. The number of aliphatic hydroxyl groups excluding tert-OH is 2. The number of nitrogens with zero attached hydrogens (tertiary/aromatic N) is 13. The summed E-state index contributed by atoms with van der Waals surface area (Å²) in [6.45, 7) is 18.3. The number of rotatable bonds is 28. The lowest BCUT2D eigenvalue weighted by Crippen LogP contribution is -2.47. The van der Waals surface area contributed by atoms with Gasteiger partial charge in [-0.05, 0) is 106 Å². The van der Waals surface area contributed by atoms with E-state index in [-0.39, 0.29) is 13.2 Å². The van der Waals surface area contributed by atoms with Crippen LogP contribution in [0.1, 0.15) is 20.3 Å². The van der Waals surface area contributed by atoms with Gasteiger partial charge in [-0.2, -0.15) is 0 Å². The van der Waals surface area contributed by atoms with Crippen LogP contribution in [-0.2, 0) is 0 Å². The molecule has 0 unspecified atom stereocenters. The Balaban J connectivity index is 0.000000164. The highest BCUT2D eigenvalue weighted by Crippen LogP contribution is 2.26. The molecule has 1 fully saturated rings. The van der Waals surface area contributed by atoms with Crippen LogP contribution in [0.5, 0.6) is 0 Å². The summed E-state index contributed by atoms with van der Waals surface area (Å²) in [6.07, 6.45) is 11.6. The molecule has 1 aliphatic rings. The van der Waals surface area contributed by atoms with E-state index in [1.165, 1.54) is 0 Å². The minimum Gasteiger partial charge on any atom is -0.395 e. The predicted molar refractivity (Wildman–Crippen MR) is 341 cm³/mol. The summed E-state index contributed by atoms with van der Waals surface area (Å²) in [7, 11) is 1.99. The van der Waals surface area contributed by atoms with Crippen LogP contribution in [0.15, 0.2) is 144 Å². The largest absolute Gasteiger partial charge is 0.395 e. The fraction of sp³-hybridized carbons (Fsp3) is 0.339. The van der Waals surface area contributed by atoms with Gasteiger partial charge in [0.05, 0.1) is 13.2 Å². The molecule has 3 aromatic carbocycles. The second kappa shape index (κ2) is 34.1. The Hall–Kier alpha value is -7.65. The first kappa shape index (κ1) is 61.4. The number of benzene rings is 3. The fourth-order valence-corrected chi connectivity index (χ4v) is 10.5. The molecule has 10 rings (SSSR count). The number of aromatic nitrogens is 9. The number of nitrogens with one attached hydrogen (secondary N) is 6. The maximum Gasteiger partial charge on any atom is 0.227 e. The van der Waals surface area contributed by atoms with Crippen molar-refractivity contribution in [2.45, 2.75) is 20.3 Å². The van der Waals surface area contributed by atoms with Gasteiger partial charge in [0.2, 0.25) is 17.8 Å². The number of hydrogen-bond acceptors (Lipinski definition) is 24. The molecule has 0 atom stereocenters. The normalized spacial score (nSPS) is 12.5. The molecule has 1 saturated heterocycles. The molecule has 0 radical (unpaired) electrons. The van der Waals surface area contributed by atoms with E-state index in [4.69, 9.17) is 10.2 Å². The Morgan fingerprint density at radius 3 is 1.24 bits per heavy atom. The number of piperazine rings is 1. The summed E-state index contributed by atoms with van der Waals surface area (Å²) in [6, 6.07) is 29.9. The Kier molecular flexibility index (Phi) is 25.2. The van der Waals surface area contributed by atoms with Gasteiger partial charge in [-0.3, -0.25) is 4.90 Å². The van der Waals surface area contributed by atoms with E-state index < -0.39 is 0 Å². The third-order valence-corrected chi connectivity index (χ3v) is 15.5. The zero-order chi connectivity index (χ0) is 57.7. The van der Waals surface area contributed by atoms with Gasteiger partial charge < -0.3 is 56.8 Å². The Morgan fingerprint density at radius 2 is 0.855 bits per heavy atom. The van der Waals surface area contributed by atoms with Gasteiger partial charge in [0.1, 0.15) is 32.1 Å². The fourth-order valence-electron chi connectivity index (χ4n) is 8.66. The van der Waals surface area contributed by atoms with Crippen molar-refractivity contribution in [2.75, 3.05) is 144 Å². The Bertz CT molecular complexity index is 3220. The lowest BCUT2D eigenvalue weighted by molar-refractivity contribution is 0.112. The summed E-state index contributed by atoms with van der Waals surface area (Å²) in [4.78, 5) is 48.7. The van der Waals surface area contributed by atoms with Crippen molar-refractivity contribution in [1.29, 1.82) is 0 Å². The molecule has 436 valence electrons. The third kappa shape index (κ3) is 20.9. The minimum absolute atomic E-state index is 0.177. The van der Waals surface area contributed by atoms with Crippen LogP contribution in [0.2, 0.25) is 0 Å². The molecule has 8 N–H and O–H groups in total. The molecular weight excluding hydrogens is 1100 g/mol. The van der Waals surface area contributed by atoms with Crippen LogP contribution >= 0.6 is 34.0 Å². The van der Waals surface area contributed by atoms with Crippen molar-refractivity contribution in [3.8, 4) is 32.1 Å². The zero-order valence-corrected chi connectivity index (χ0v) is 49.8. The summed E-state index contributed by atoms with van der Waals surface area (Å²) >= 11 is 4.68. The van der Waals surface area contributed by atoms with E-state index in [9.17, 15) is 0 Å². The molecule has 0 saturated carbocycles. The van der Waals surface area contributed by atoms with E-state index in [1.54, 1.807) is 71.2 Å². The third-order valence-electron chi connectivity index (χ3n) is 13.1. The maximum atomic E-state index is 9.04. The van der Waals surface area contributed by atoms with Gasteiger partial charge in [0, 0.05) is 159 Å². The molecule has 6 aromatic heterocycles. The van der Waals surface area contributed by atoms with Crippen LogP contribution in [0.25, 0.3) is 32.1 Å². The molecular formula is C59H75N19O2S3. The second-order valence-corrected chi connectivity index (χ2v) is 21.7. The van der Waals surface area contributed by atoms with Crippen LogP contribution in [0, 0.1) is 0 Å². The van der Waals surface area contributed by atoms with Gasteiger partial charge in [0.25, 0.3) is 0 Å². The predicted octanol–water partition coefficient (Wildman–Crippen LogP) is 9.53. The quantitative estimate of drug-likeness (QED) is 0.0213. The highest BCUT2D eigenvalue weighted by molar-refractivity contribution is 7.13. The molecule has 0 spiro atoms. The van der Waals surface area contributed by atoms with Crippen LogP contribution in [0.3, 0.4) is 0 Å². The van der Waals surface area contributed by atoms with Crippen LogP contribution in [0.4, 0.5) is 52.0 Å². The van der Waals surface area contributed by atoms with E-state index in [1.807, 2.05) is 89.9 Å². The topological polar surface area (TPSA) is 242 Å².